The molecule has 1 N–H and O–H groups in total. The molecule has 26 heavy (non-hydrogen) atoms. The molecule has 134 valence electrons. The minimum Gasteiger partial charge on any atom is -0.497 e. The van der Waals surface area contributed by atoms with Crippen molar-refractivity contribution in [1.29, 1.82) is 0 Å². The molecule has 1 aromatic heterocycles. The zero-order valence-corrected chi connectivity index (χ0v) is 15.9. The van der Waals surface area contributed by atoms with Crippen LogP contribution in [-0.2, 0) is 5.75 Å². The highest BCUT2D eigenvalue weighted by atomic mass is 32.2. The van der Waals surface area contributed by atoms with Gasteiger partial charge < -0.3 is 9.47 Å². The highest BCUT2D eigenvalue weighted by Crippen LogP contribution is 2.28. The Morgan fingerprint density at radius 1 is 1.12 bits per heavy atom. The number of hydrogen-bond acceptors (Lipinski definition) is 7. The molecule has 0 atom stereocenters. The molecule has 3 aromatic rings. The zero-order valence-electron chi connectivity index (χ0n) is 14.3. The van der Waals surface area contributed by atoms with Crippen molar-refractivity contribution < 1.29 is 14.3 Å². The van der Waals surface area contributed by atoms with E-state index in [1.807, 2.05) is 30.3 Å². The second-order valence-corrected chi connectivity index (χ2v) is 7.23. The topological polar surface area (TPSA) is 73.3 Å². The Bertz CT molecular complexity index is 884. The Balaban J connectivity index is 1.64. The van der Waals surface area contributed by atoms with Gasteiger partial charge in [-0.3, -0.25) is 10.1 Å². The van der Waals surface area contributed by atoms with Crippen LogP contribution in [-0.4, -0.2) is 30.3 Å². The van der Waals surface area contributed by atoms with Crippen LogP contribution in [0, 0.1) is 0 Å². The van der Waals surface area contributed by atoms with Crippen molar-refractivity contribution in [2.45, 2.75) is 10.6 Å². The third-order valence-electron chi connectivity index (χ3n) is 3.45. The van der Waals surface area contributed by atoms with Gasteiger partial charge in [0.05, 0.1) is 25.5 Å². The first-order valence-corrected chi connectivity index (χ1v) is 9.53. The Morgan fingerprint density at radius 3 is 2.65 bits per heavy atom. The molecule has 8 heteroatoms. The van der Waals surface area contributed by atoms with Crippen LogP contribution in [0.15, 0.2) is 53.4 Å². The number of methoxy groups -OCH3 is 2. The van der Waals surface area contributed by atoms with Crippen LogP contribution < -0.4 is 14.8 Å². The third kappa shape index (κ3) is 4.53. The molecule has 6 nitrogen and oxygen atoms in total. The predicted octanol–water partition coefficient (Wildman–Crippen LogP) is 4.10. The van der Waals surface area contributed by atoms with Gasteiger partial charge in [-0.2, -0.15) is 0 Å². The highest BCUT2D eigenvalue weighted by Gasteiger charge is 2.15. The highest BCUT2D eigenvalue weighted by molar-refractivity contribution is 7.98. The summed E-state index contributed by atoms with van der Waals surface area (Å²) < 4.78 is 10.4. The largest absolute Gasteiger partial charge is 0.497 e. The summed E-state index contributed by atoms with van der Waals surface area (Å²) in [5, 5.41) is 12.2. The minimum atomic E-state index is -0.303. The van der Waals surface area contributed by atoms with E-state index in [-0.39, 0.29) is 5.91 Å². The predicted molar refractivity (Wildman–Crippen MR) is 103 cm³/mol. The molecule has 0 unspecified atom stereocenters. The molecule has 0 bridgehead atoms. The summed E-state index contributed by atoms with van der Waals surface area (Å²) in [4.78, 5) is 13.6. The summed E-state index contributed by atoms with van der Waals surface area (Å²) >= 11 is 3.03. The van der Waals surface area contributed by atoms with E-state index in [4.69, 9.17) is 9.47 Å². The number of ether oxygens (including phenoxy) is 2. The molecule has 0 spiro atoms. The monoisotopic (exact) mass is 387 g/mol. The van der Waals surface area contributed by atoms with Crippen molar-refractivity contribution in [2.75, 3.05) is 19.5 Å². The molecule has 3 rings (SSSR count). The number of nitrogens with one attached hydrogen (secondary N) is 1. The normalized spacial score (nSPS) is 10.4. The van der Waals surface area contributed by atoms with E-state index in [0.29, 0.717) is 27.9 Å². The molecule has 0 saturated heterocycles. The maximum absolute atomic E-state index is 12.5. The Kier molecular flexibility index (Phi) is 6.08. The van der Waals surface area contributed by atoms with Crippen LogP contribution in [0.1, 0.15) is 15.4 Å². The number of benzene rings is 2. The first-order chi connectivity index (χ1) is 12.7. The van der Waals surface area contributed by atoms with E-state index in [9.17, 15) is 4.79 Å². The van der Waals surface area contributed by atoms with E-state index in [0.717, 1.165) is 9.90 Å². The number of anilines is 1. The second-order valence-electron chi connectivity index (χ2n) is 5.12. The molecule has 0 aliphatic heterocycles. The van der Waals surface area contributed by atoms with Crippen molar-refractivity contribution in [3.63, 3.8) is 0 Å². The van der Waals surface area contributed by atoms with Crippen LogP contribution in [0.25, 0.3) is 0 Å². The van der Waals surface area contributed by atoms with E-state index in [1.165, 1.54) is 18.4 Å². The van der Waals surface area contributed by atoms with Crippen molar-refractivity contribution in [2.24, 2.45) is 0 Å². The smallest absolute Gasteiger partial charge is 0.261 e. The summed E-state index contributed by atoms with van der Waals surface area (Å²) in [6.07, 6.45) is 0. The average Bonchev–Trinajstić information content (AvgIpc) is 3.13. The lowest BCUT2D eigenvalue weighted by molar-refractivity contribution is 0.102. The van der Waals surface area contributed by atoms with E-state index in [1.54, 1.807) is 37.1 Å². The standard InChI is InChI=1S/C18H17N3O3S2/c1-23-12-8-9-14(15(10-12)24-2)17(22)19-18-21-20-16(26-18)11-25-13-6-4-3-5-7-13/h3-10H,11H2,1-2H3,(H,19,21,22). The number of rotatable bonds is 7. The molecule has 1 heterocycles. The van der Waals surface area contributed by atoms with E-state index < -0.39 is 0 Å². The number of aromatic nitrogens is 2. The molecule has 0 aliphatic carbocycles. The summed E-state index contributed by atoms with van der Waals surface area (Å²) in [5.74, 6) is 1.45. The van der Waals surface area contributed by atoms with Gasteiger partial charge in [-0.1, -0.05) is 29.5 Å². The molecule has 0 aliphatic rings. The van der Waals surface area contributed by atoms with Gasteiger partial charge in [0.2, 0.25) is 5.13 Å². The average molecular weight is 387 g/mol. The Hall–Kier alpha value is -2.58. The van der Waals surface area contributed by atoms with Crippen molar-refractivity contribution in [3.8, 4) is 11.5 Å². The molecule has 0 fully saturated rings. The van der Waals surface area contributed by atoms with Crippen LogP contribution >= 0.6 is 23.1 Å². The van der Waals surface area contributed by atoms with Crippen LogP contribution in [0.3, 0.4) is 0 Å². The number of amides is 1. The Labute approximate surface area is 159 Å². The minimum absolute atomic E-state index is 0.303. The van der Waals surface area contributed by atoms with E-state index in [2.05, 4.69) is 15.5 Å². The number of nitrogens with zero attached hydrogens (tertiary/aromatic N) is 2. The fourth-order valence-electron chi connectivity index (χ4n) is 2.17. The number of carbonyl (C=O) groups is 1. The summed E-state index contributed by atoms with van der Waals surface area (Å²) in [6, 6.07) is 15.1. The van der Waals surface area contributed by atoms with Crippen molar-refractivity contribution >= 4 is 34.1 Å². The lowest BCUT2D eigenvalue weighted by Crippen LogP contribution is -2.13. The number of thioether (sulfide) groups is 1. The fraction of sp³-hybridized carbons (Fsp3) is 0.167. The van der Waals surface area contributed by atoms with Gasteiger partial charge in [-0.15, -0.1) is 22.0 Å². The molecule has 2 aromatic carbocycles. The quantitative estimate of drug-likeness (QED) is 0.615. The maximum Gasteiger partial charge on any atom is 0.261 e. The van der Waals surface area contributed by atoms with Gasteiger partial charge in [0.25, 0.3) is 5.91 Å². The second kappa shape index (κ2) is 8.68. The van der Waals surface area contributed by atoms with Gasteiger partial charge in [0, 0.05) is 11.0 Å². The molecular weight excluding hydrogens is 370 g/mol. The van der Waals surface area contributed by atoms with E-state index >= 15 is 0 Å². The van der Waals surface area contributed by atoms with Crippen molar-refractivity contribution in [1.82, 2.24) is 10.2 Å². The molecule has 1 amide bonds. The van der Waals surface area contributed by atoms with Crippen LogP contribution in [0.2, 0.25) is 0 Å². The van der Waals surface area contributed by atoms with Crippen LogP contribution in [0.4, 0.5) is 5.13 Å². The van der Waals surface area contributed by atoms with Gasteiger partial charge in [0.1, 0.15) is 16.5 Å². The number of hydrogen-bond donors (Lipinski definition) is 1. The van der Waals surface area contributed by atoms with Crippen LogP contribution in [0.5, 0.6) is 11.5 Å². The first-order valence-electron chi connectivity index (χ1n) is 7.73. The summed E-state index contributed by atoms with van der Waals surface area (Å²) in [6.45, 7) is 0. The SMILES string of the molecule is COc1ccc(C(=O)Nc2nnc(CSc3ccccc3)s2)c(OC)c1. The fourth-order valence-corrected chi connectivity index (χ4v) is 3.81. The van der Waals surface area contributed by atoms with Gasteiger partial charge in [-0.25, -0.2) is 0 Å². The summed E-state index contributed by atoms with van der Waals surface area (Å²) in [7, 11) is 3.07. The van der Waals surface area contributed by atoms with Gasteiger partial charge >= 0.3 is 0 Å². The summed E-state index contributed by atoms with van der Waals surface area (Å²) in [5.41, 5.74) is 0.406. The lowest BCUT2D eigenvalue weighted by atomic mass is 10.2. The van der Waals surface area contributed by atoms with Crippen molar-refractivity contribution in [3.05, 3.63) is 59.1 Å². The van der Waals surface area contributed by atoms with Gasteiger partial charge in [-0.05, 0) is 24.3 Å². The Morgan fingerprint density at radius 2 is 1.92 bits per heavy atom. The van der Waals surface area contributed by atoms with Gasteiger partial charge in [0.15, 0.2) is 0 Å². The third-order valence-corrected chi connectivity index (χ3v) is 5.49. The first kappa shape index (κ1) is 18.2. The molecule has 0 saturated carbocycles. The molecule has 0 radical (unpaired) electrons. The number of carbonyl (C=O) groups excluding carboxylic acids is 1. The molecular formula is C18H17N3O3S2. The lowest BCUT2D eigenvalue weighted by Gasteiger charge is -2.09. The maximum atomic E-state index is 12.5. The zero-order chi connectivity index (χ0) is 18.4.